The van der Waals surface area contributed by atoms with Crippen LogP contribution in [0.25, 0.3) is 0 Å². The highest BCUT2D eigenvalue weighted by molar-refractivity contribution is 4.88. The summed E-state index contributed by atoms with van der Waals surface area (Å²) in [5.41, 5.74) is 0.303. The van der Waals surface area contributed by atoms with Crippen molar-refractivity contribution in [2.45, 2.75) is 46.3 Å². The Morgan fingerprint density at radius 1 is 1.38 bits per heavy atom. The lowest BCUT2D eigenvalue weighted by Crippen LogP contribution is -2.51. The van der Waals surface area contributed by atoms with E-state index in [1.807, 2.05) is 7.11 Å². The van der Waals surface area contributed by atoms with Crippen molar-refractivity contribution in [3.63, 3.8) is 0 Å². The molecule has 0 aromatic rings. The van der Waals surface area contributed by atoms with Crippen molar-refractivity contribution in [1.29, 1.82) is 0 Å². The van der Waals surface area contributed by atoms with Gasteiger partial charge in [0.15, 0.2) is 0 Å². The van der Waals surface area contributed by atoms with E-state index in [-0.39, 0.29) is 0 Å². The minimum atomic E-state index is 0.303. The smallest absolute Gasteiger partial charge is 0.0646 e. The van der Waals surface area contributed by atoms with E-state index in [9.17, 15) is 0 Å². The van der Waals surface area contributed by atoms with Gasteiger partial charge in [-0.25, -0.2) is 0 Å². The molecule has 1 heterocycles. The van der Waals surface area contributed by atoms with Crippen molar-refractivity contribution in [3.05, 3.63) is 0 Å². The van der Waals surface area contributed by atoms with Gasteiger partial charge in [-0.1, -0.05) is 13.8 Å². The van der Waals surface area contributed by atoms with Crippen LogP contribution in [-0.2, 0) is 4.74 Å². The average Bonchev–Trinajstić information content (AvgIpc) is 2.02. The Labute approximate surface area is 82.3 Å². The first kappa shape index (κ1) is 11.0. The molecule has 1 unspecified atom stereocenters. The van der Waals surface area contributed by atoms with E-state index in [1.165, 1.54) is 13.0 Å². The third-order valence-electron chi connectivity index (χ3n) is 3.18. The number of hydrogen-bond donors (Lipinski definition) is 0. The standard InChI is InChI=1S/C11H23NO/c1-9(2)12-7-6-10(13-5)11(3,4)8-12/h9-10H,6-8H2,1-5H3. The van der Waals surface area contributed by atoms with Crippen LogP contribution in [-0.4, -0.2) is 37.2 Å². The van der Waals surface area contributed by atoms with Gasteiger partial charge in [0.25, 0.3) is 0 Å². The molecule has 0 radical (unpaired) electrons. The predicted octanol–water partition coefficient (Wildman–Crippen LogP) is 2.14. The Morgan fingerprint density at radius 2 is 2.00 bits per heavy atom. The number of likely N-dealkylation sites (tertiary alicyclic amines) is 1. The summed E-state index contributed by atoms with van der Waals surface area (Å²) < 4.78 is 5.51. The fraction of sp³-hybridized carbons (Fsp3) is 1.00. The fourth-order valence-corrected chi connectivity index (χ4v) is 2.26. The van der Waals surface area contributed by atoms with Crippen molar-refractivity contribution < 1.29 is 4.74 Å². The first-order valence-corrected chi connectivity index (χ1v) is 5.24. The lowest BCUT2D eigenvalue weighted by atomic mass is 9.80. The van der Waals surface area contributed by atoms with Crippen molar-refractivity contribution in [3.8, 4) is 0 Å². The molecule has 2 nitrogen and oxygen atoms in total. The van der Waals surface area contributed by atoms with Crippen LogP contribution >= 0.6 is 0 Å². The topological polar surface area (TPSA) is 12.5 Å². The second-order valence-electron chi connectivity index (χ2n) is 5.07. The summed E-state index contributed by atoms with van der Waals surface area (Å²) in [7, 11) is 1.83. The van der Waals surface area contributed by atoms with Gasteiger partial charge in [-0.2, -0.15) is 0 Å². The monoisotopic (exact) mass is 185 g/mol. The SMILES string of the molecule is COC1CCN(C(C)C)CC1(C)C. The minimum absolute atomic E-state index is 0.303. The summed E-state index contributed by atoms with van der Waals surface area (Å²) in [5.74, 6) is 0. The zero-order valence-corrected chi connectivity index (χ0v) is 9.63. The van der Waals surface area contributed by atoms with E-state index >= 15 is 0 Å². The third kappa shape index (κ3) is 2.44. The third-order valence-corrected chi connectivity index (χ3v) is 3.18. The molecule has 0 amide bonds. The van der Waals surface area contributed by atoms with E-state index in [2.05, 4.69) is 32.6 Å². The van der Waals surface area contributed by atoms with Gasteiger partial charge in [0, 0.05) is 31.7 Å². The average molecular weight is 185 g/mol. The van der Waals surface area contributed by atoms with Crippen molar-refractivity contribution in [2.75, 3.05) is 20.2 Å². The van der Waals surface area contributed by atoms with Gasteiger partial charge >= 0.3 is 0 Å². The first-order chi connectivity index (χ1) is 5.97. The van der Waals surface area contributed by atoms with Gasteiger partial charge in [-0.05, 0) is 20.3 Å². The summed E-state index contributed by atoms with van der Waals surface area (Å²) in [5, 5.41) is 0. The second kappa shape index (κ2) is 3.97. The molecule has 0 aromatic heterocycles. The Bertz CT molecular complexity index is 165. The highest BCUT2D eigenvalue weighted by Gasteiger charge is 2.36. The van der Waals surface area contributed by atoms with Crippen LogP contribution in [0.1, 0.15) is 34.1 Å². The van der Waals surface area contributed by atoms with Crippen LogP contribution in [0, 0.1) is 5.41 Å². The normalized spacial score (nSPS) is 29.5. The van der Waals surface area contributed by atoms with Gasteiger partial charge in [0.05, 0.1) is 6.10 Å². The molecule has 78 valence electrons. The van der Waals surface area contributed by atoms with Crippen LogP contribution in [0.4, 0.5) is 0 Å². The maximum Gasteiger partial charge on any atom is 0.0646 e. The highest BCUT2D eigenvalue weighted by atomic mass is 16.5. The molecule has 0 aliphatic carbocycles. The quantitative estimate of drug-likeness (QED) is 0.653. The number of nitrogens with zero attached hydrogens (tertiary/aromatic N) is 1. The number of piperidine rings is 1. The second-order valence-corrected chi connectivity index (χ2v) is 5.07. The molecule has 1 aliphatic heterocycles. The molecule has 1 fully saturated rings. The molecule has 0 N–H and O–H groups in total. The molecular formula is C11H23NO. The molecule has 1 atom stereocenters. The maximum absolute atomic E-state index is 5.51. The molecule has 1 aliphatic rings. The Morgan fingerprint density at radius 3 is 2.38 bits per heavy atom. The number of ether oxygens (including phenoxy) is 1. The lowest BCUT2D eigenvalue weighted by molar-refractivity contribution is -0.0582. The highest BCUT2D eigenvalue weighted by Crippen LogP contribution is 2.31. The van der Waals surface area contributed by atoms with E-state index in [0.717, 1.165) is 6.54 Å². The minimum Gasteiger partial charge on any atom is -0.381 e. The molecular weight excluding hydrogens is 162 g/mol. The Kier molecular flexibility index (Phi) is 3.36. The van der Waals surface area contributed by atoms with Crippen LogP contribution in [0.15, 0.2) is 0 Å². The fourth-order valence-electron chi connectivity index (χ4n) is 2.26. The molecule has 2 heteroatoms. The Hall–Kier alpha value is -0.0800. The largest absolute Gasteiger partial charge is 0.381 e. The first-order valence-electron chi connectivity index (χ1n) is 5.24. The van der Waals surface area contributed by atoms with Crippen LogP contribution in [0.5, 0.6) is 0 Å². The molecule has 13 heavy (non-hydrogen) atoms. The van der Waals surface area contributed by atoms with Gasteiger partial charge in [0.2, 0.25) is 0 Å². The van der Waals surface area contributed by atoms with E-state index < -0.39 is 0 Å². The summed E-state index contributed by atoms with van der Waals surface area (Å²) in [6, 6.07) is 0.664. The molecule has 0 bridgehead atoms. The summed E-state index contributed by atoms with van der Waals surface area (Å²) in [4.78, 5) is 2.54. The summed E-state index contributed by atoms with van der Waals surface area (Å²) >= 11 is 0. The van der Waals surface area contributed by atoms with Gasteiger partial charge < -0.3 is 9.64 Å². The molecule has 0 spiro atoms. The number of rotatable bonds is 2. The lowest BCUT2D eigenvalue weighted by Gasteiger charge is -2.45. The van der Waals surface area contributed by atoms with Gasteiger partial charge in [-0.3, -0.25) is 0 Å². The maximum atomic E-state index is 5.51. The van der Waals surface area contributed by atoms with E-state index in [0.29, 0.717) is 17.6 Å². The summed E-state index contributed by atoms with van der Waals surface area (Å²) in [6.07, 6.45) is 1.60. The van der Waals surface area contributed by atoms with Crippen molar-refractivity contribution in [2.24, 2.45) is 5.41 Å². The number of hydrogen-bond acceptors (Lipinski definition) is 2. The zero-order chi connectivity index (χ0) is 10.1. The van der Waals surface area contributed by atoms with Crippen molar-refractivity contribution in [1.82, 2.24) is 4.90 Å². The molecule has 0 aromatic carbocycles. The van der Waals surface area contributed by atoms with E-state index in [1.54, 1.807) is 0 Å². The molecule has 0 saturated carbocycles. The van der Waals surface area contributed by atoms with Crippen molar-refractivity contribution >= 4 is 0 Å². The summed E-state index contributed by atoms with van der Waals surface area (Å²) in [6.45, 7) is 11.5. The van der Waals surface area contributed by atoms with Gasteiger partial charge in [0.1, 0.15) is 0 Å². The van der Waals surface area contributed by atoms with Crippen LogP contribution in [0.2, 0.25) is 0 Å². The Balaban J connectivity index is 2.59. The van der Waals surface area contributed by atoms with Gasteiger partial charge in [-0.15, -0.1) is 0 Å². The molecule has 1 saturated heterocycles. The zero-order valence-electron chi connectivity index (χ0n) is 9.63. The number of methoxy groups -OCH3 is 1. The van der Waals surface area contributed by atoms with E-state index in [4.69, 9.17) is 4.74 Å². The predicted molar refractivity (Wildman–Crippen MR) is 55.9 cm³/mol. The van der Waals surface area contributed by atoms with Crippen LogP contribution in [0.3, 0.4) is 0 Å². The van der Waals surface area contributed by atoms with Crippen LogP contribution < -0.4 is 0 Å². The molecule has 1 rings (SSSR count).